The number of hydrogen-bond acceptors (Lipinski definition) is 5. The fourth-order valence-corrected chi connectivity index (χ4v) is 6.37. The molecule has 1 atom stereocenters. The smallest absolute Gasteiger partial charge is 0.137 e. The molecule has 2 aliphatic rings. The highest BCUT2D eigenvalue weighted by atomic mass is 32.1. The molecule has 1 fully saturated rings. The van der Waals surface area contributed by atoms with Crippen molar-refractivity contribution in [3.8, 4) is 22.4 Å². The maximum Gasteiger partial charge on any atom is 0.137 e. The van der Waals surface area contributed by atoms with Gasteiger partial charge in [0.05, 0.1) is 11.7 Å². The molecule has 1 saturated carbocycles. The zero-order chi connectivity index (χ0) is 23.5. The normalized spacial score (nSPS) is 18.1. The van der Waals surface area contributed by atoms with Crippen LogP contribution in [0.25, 0.3) is 10.6 Å². The predicted octanol–water partition coefficient (Wildman–Crippen LogP) is 6.97. The van der Waals surface area contributed by atoms with Crippen LogP contribution in [0.3, 0.4) is 0 Å². The molecule has 0 radical (unpaired) electrons. The number of thiazole rings is 1. The summed E-state index contributed by atoms with van der Waals surface area (Å²) in [6.45, 7) is 3.94. The third-order valence-corrected chi connectivity index (χ3v) is 8.08. The van der Waals surface area contributed by atoms with E-state index in [9.17, 15) is 5.26 Å². The highest BCUT2D eigenvalue weighted by molar-refractivity contribution is 7.15. The van der Waals surface area contributed by atoms with Crippen molar-refractivity contribution in [2.24, 2.45) is 0 Å². The first kappa shape index (κ1) is 23.1. The average molecular weight is 472 g/mol. The van der Waals surface area contributed by atoms with E-state index in [4.69, 9.17) is 9.72 Å². The Hall–Kier alpha value is -2.68. The summed E-state index contributed by atoms with van der Waals surface area (Å²) in [5.74, 6) is 0.634. The van der Waals surface area contributed by atoms with Crippen LogP contribution in [0.1, 0.15) is 85.5 Å². The van der Waals surface area contributed by atoms with Gasteiger partial charge in [0.15, 0.2) is 0 Å². The zero-order valence-corrected chi connectivity index (χ0v) is 21.0. The molecule has 0 saturated heterocycles. The topological polar surface area (TPSA) is 57.9 Å². The lowest BCUT2D eigenvalue weighted by Gasteiger charge is -2.27. The minimum Gasteiger partial charge on any atom is -0.490 e. The van der Waals surface area contributed by atoms with Gasteiger partial charge >= 0.3 is 0 Å². The lowest BCUT2D eigenvalue weighted by atomic mass is 9.94. The van der Waals surface area contributed by atoms with Crippen LogP contribution in [-0.2, 0) is 12.8 Å². The number of nitriles is 1. The molecule has 4 nitrogen and oxygen atoms in total. The predicted molar refractivity (Wildman–Crippen MR) is 138 cm³/mol. The summed E-state index contributed by atoms with van der Waals surface area (Å²) < 4.78 is 5.77. The van der Waals surface area contributed by atoms with Crippen molar-refractivity contribution in [3.05, 3.63) is 69.7 Å². The lowest BCUT2D eigenvalue weighted by molar-refractivity contribution is 0.242. The summed E-state index contributed by atoms with van der Waals surface area (Å²) >= 11 is 1.72. The van der Waals surface area contributed by atoms with Gasteiger partial charge in [-0.1, -0.05) is 37.5 Å². The van der Waals surface area contributed by atoms with Crippen LogP contribution < -0.4 is 10.1 Å². The van der Waals surface area contributed by atoms with Gasteiger partial charge in [-0.15, -0.1) is 11.3 Å². The third kappa shape index (κ3) is 5.04. The second-order valence-electron chi connectivity index (χ2n) is 9.88. The molecule has 3 aromatic rings. The molecule has 1 unspecified atom stereocenters. The van der Waals surface area contributed by atoms with Gasteiger partial charge in [-0.3, -0.25) is 0 Å². The average Bonchev–Trinajstić information content (AvgIpc) is 3.48. The monoisotopic (exact) mass is 471 g/mol. The Balaban J connectivity index is 1.32. The maximum atomic E-state index is 9.57. The number of fused-ring (bicyclic) bond motifs is 1. The van der Waals surface area contributed by atoms with Crippen LogP contribution in [-0.4, -0.2) is 17.1 Å². The number of aromatic nitrogens is 1. The van der Waals surface area contributed by atoms with Crippen molar-refractivity contribution < 1.29 is 4.74 Å². The number of nitrogens with one attached hydrogen (secondary N) is 1. The number of benzene rings is 2. The van der Waals surface area contributed by atoms with E-state index in [1.165, 1.54) is 60.1 Å². The number of rotatable bonds is 7. The largest absolute Gasteiger partial charge is 0.490 e. The molecule has 0 aliphatic heterocycles. The highest BCUT2D eigenvalue weighted by Gasteiger charge is 2.27. The summed E-state index contributed by atoms with van der Waals surface area (Å²) in [5.41, 5.74) is 6.00. The molecule has 34 heavy (non-hydrogen) atoms. The SMILES string of the molecule is CC(C)Oc1ccc(-c2ncc(Cc3cccc4c3CCC4NC3CCCCC3)s2)cc1C#N. The second kappa shape index (κ2) is 10.3. The molecule has 0 bridgehead atoms. The van der Waals surface area contributed by atoms with Gasteiger partial charge in [0.1, 0.15) is 16.8 Å². The van der Waals surface area contributed by atoms with Crippen LogP contribution in [0.5, 0.6) is 5.75 Å². The molecule has 1 N–H and O–H groups in total. The van der Waals surface area contributed by atoms with E-state index in [2.05, 4.69) is 29.6 Å². The van der Waals surface area contributed by atoms with Crippen molar-refractivity contribution in [1.82, 2.24) is 10.3 Å². The van der Waals surface area contributed by atoms with Crippen LogP contribution >= 0.6 is 11.3 Å². The number of hydrogen-bond donors (Lipinski definition) is 1. The lowest BCUT2D eigenvalue weighted by Crippen LogP contribution is -2.33. The maximum absolute atomic E-state index is 9.57. The molecule has 1 heterocycles. The molecule has 1 aromatic heterocycles. The van der Waals surface area contributed by atoms with E-state index < -0.39 is 0 Å². The molecule has 5 rings (SSSR count). The van der Waals surface area contributed by atoms with Crippen LogP contribution in [0.15, 0.2) is 42.6 Å². The minimum atomic E-state index is 0.0366. The van der Waals surface area contributed by atoms with Crippen molar-refractivity contribution in [3.63, 3.8) is 0 Å². The van der Waals surface area contributed by atoms with E-state index >= 15 is 0 Å². The first-order chi connectivity index (χ1) is 16.6. The summed E-state index contributed by atoms with van der Waals surface area (Å²) in [4.78, 5) is 5.95. The Morgan fingerprint density at radius 2 is 2.00 bits per heavy atom. The summed E-state index contributed by atoms with van der Waals surface area (Å²) in [6.07, 6.45) is 12.1. The van der Waals surface area contributed by atoms with Crippen LogP contribution in [0.4, 0.5) is 0 Å². The molecular weight excluding hydrogens is 438 g/mol. The summed E-state index contributed by atoms with van der Waals surface area (Å²) in [6, 6.07) is 16.1. The zero-order valence-electron chi connectivity index (χ0n) is 20.1. The Morgan fingerprint density at radius 1 is 1.15 bits per heavy atom. The van der Waals surface area contributed by atoms with Crippen molar-refractivity contribution in [1.29, 1.82) is 5.26 Å². The standard InChI is InChI=1S/C29H33N3OS/c1-19(2)33-28-14-11-21(15-22(28)17-30)29-31-18-24(34-29)16-20-7-6-10-26-25(20)12-13-27(26)32-23-8-4-3-5-9-23/h6-7,10-11,14-15,18-19,23,27,32H,3-5,8-9,12-13,16H2,1-2H3. The first-order valence-corrected chi connectivity index (χ1v) is 13.4. The Morgan fingerprint density at radius 3 is 2.79 bits per heavy atom. The molecule has 2 aromatic carbocycles. The van der Waals surface area contributed by atoms with Gasteiger partial charge in [0.25, 0.3) is 0 Å². The van der Waals surface area contributed by atoms with E-state index in [0.29, 0.717) is 23.4 Å². The van der Waals surface area contributed by atoms with Gasteiger partial charge in [0.2, 0.25) is 0 Å². The molecule has 0 amide bonds. The number of nitrogens with zero attached hydrogens (tertiary/aromatic N) is 2. The Bertz CT molecular complexity index is 1190. The molecule has 5 heteroatoms. The fraction of sp³-hybridized carbons (Fsp3) is 0.448. The Kier molecular flexibility index (Phi) is 6.99. The summed E-state index contributed by atoms with van der Waals surface area (Å²) in [7, 11) is 0. The first-order valence-electron chi connectivity index (χ1n) is 12.6. The van der Waals surface area contributed by atoms with Gasteiger partial charge in [-0.05, 0) is 74.4 Å². The van der Waals surface area contributed by atoms with Gasteiger partial charge in [-0.2, -0.15) is 5.26 Å². The van der Waals surface area contributed by atoms with Gasteiger partial charge < -0.3 is 10.1 Å². The van der Waals surface area contributed by atoms with Crippen molar-refractivity contribution in [2.75, 3.05) is 0 Å². The fourth-order valence-electron chi connectivity index (χ4n) is 5.44. The Labute approximate surface area is 207 Å². The van der Waals surface area contributed by atoms with Crippen LogP contribution in [0.2, 0.25) is 0 Å². The van der Waals surface area contributed by atoms with Crippen molar-refractivity contribution >= 4 is 11.3 Å². The van der Waals surface area contributed by atoms with E-state index in [0.717, 1.165) is 23.4 Å². The van der Waals surface area contributed by atoms with E-state index in [1.807, 2.05) is 38.2 Å². The molecule has 176 valence electrons. The van der Waals surface area contributed by atoms with E-state index in [-0.39, 0.29) is 6.10 Å². The van der Waals surface area contributed by atoms with Crippen LogP contribution in [0, 0.1) is 11.3 Å². The highest BCUT2D eigenvalue weighted by Crippen LogP contribution is 2.37. The van der Waals surface area contributed by atoms with E-state index in [1.54, 1.807) is 11.3 Å². The quantitative estimate of drug-likeness (QED) is 0.404. The molecule has 2 aliphatic carbocycles. The third-order valence-electron chi connectivity index (χ3n) is 7.04. The second-order valence-corrected chi connectivity index (χ2v) is 11.0. The minimum absolute atomic E-state index is 0.0366. The van der Waals surface area contributed by atoms with Gasteiger partial charge in [-0.25, -0.2) is 4.98 Å². The number of ether oxygens (including phenoxy) is 1. The van der Waals surface area contributed by atoms with Crippen molar-refractivity contribution in [2.45, 2.75) is 83.4 Å². The summed E-state index contributed by atoms with van der Waals surface area (Å²) in [5, 5.41) is 14.5. The molecule has 0 spiro atoms. The molecular formula is C29H33N3OS. The van der Waals surface area contributed by atoms with Gasteiger partial charge in [0, 0.05) is 35.1 Å².